The van der Waals surface area contributed by atoms with Crippen molar-refractivity contribution in [3.63, 3.8) is 0 Å². The van der Waals surface area contributed by atoms with Crippen LogP contribution in [-0.4, -0.2) is 37.2 Å². The van der Waals surface area contributed by atoms with Crippen LogP contribution >= 0.6 is 0 Å². The topological polar surface area (TPSA) is 38.5 Å². The van der Waals surface area contributed by atoms with Gasteiger partial charge in [0.25, 0.3) is 0 Å². The highest BCUT2D eigenvalue weighted by Crippen LogP contribution is 2.27. The van der Waals surface area contributed by atoms with Crippen LogP contribution in [-0.2, 0) is 12.8 Å². The van der Waals surface area contributed by atoms with Crippen LogP contribution in [0.5, 0.6) is 5.75 Å². The van der Waals surface area contributed by atoms with Crippen molar-refractivity contribution in [2.24, 2.45) is 5.73 Å². The van der Waals surface area contributed by atoms with E-state index in [1.807, 2.05) is 0 Å². The Labute approximate surface area is 122 Å². The van der Waals surface area contributed by atoms with Gasteiger partial charge in [0.05, 0.1) is 6.61 Å². The smallest absolute Gasteiger partial charge is 0.122 e. The second-order valence-corrected chi connectivity index (χ2v) is 6.05. The summed E-state index contributed by atoms with van der Waals surface area (Å²) in [6.45, 7) is 3.99. The van der Waals surface area contributed by atoms with Gasteiger partial charge in [-0.05, 0) is 56.0 Å². The number of hydrogen-bond acceptors (Lipinski definition) is 3. The Balaban J connectivity index is 1.56. The molecule has 1 aromatic rings. The van der Waals surface area contributed by atoms with Gasteiger partial charge in [-0.3, -0.25) is 0 Å². The summed E-state index contributed by atoms with van der Waals surface area (Å²) >= 11 is 0. The highest BCUT2D eigenvalue weighted by Gasteiger charge is 2.24. The van der Waals surface area contributed by atoms with E-state index in [4.69, 9.17) is 10.5 Å². The van der Waals surface area contributed by atoms with Gasteiger partial charge < -0.3 is 15.4 Å². The minimum atomic E-state index is 0.805. The molecule has 0 amide bonds. The molecule has 0 saturated heterocycles. The van der Waals surface area contributed by atoms with Crippen LogP contribution in [0.2, 0.25) is 0 Å². The molecule has 3 heteroatoms. The van der Waals surface area contributed by atoms with Gasteiger partial charge in [-0.25, -0.2) is 0 Å². The summed E-state index contributed by atoms with van der Waals surface area (Å²) in [7, 11) is 0. The minimum Gasteiger partial charge on any atom is -0.493 e. The third kappa shape index (κ3) is 3.15. The van der Waals surface area contributed by atoms with Crippen molar-refractivity contribution >= 4 is 0 Å². The van der Waals surface area contributed by atoms with E-state index in [9.17, 15) is 0 Å². The quantitative estimate of drug-likeness (QED) is 0.829. The summed E-state index contributed by atoms with van der Waals surface area (Å²) in [5.41, 5.74) is 8.50. The Bertz CT molecular complexity index is 443. The molecule has 1 fully saturated rings. The number of benzene rings is 1. The first-order valence-corrected chi connectivity index (χ1v) is 8.05. The van der Waals surface area contributed by atoms with E-state index in [-0.39, 0.29) is 0 Å². The van der Waals surface area contributed by atoms with Gasteiger partial charge in [0, 0.05) is 19.0 Å². The second-order valence-electron chi connectivity index (χ2n) is 6.05. The maximum atomic E-state index is 5.66. The maximum absolute atomic E-state index is 5.66. The first-order chi connectivity index (χ1) is 9.86. The standard InChI is InChI=1S/C17H26N2O/c18-9-2-10-19(16-3-1-4-16)11-7-14-5-6-17-15(13-14)8-12-20-17/h5-6,13,16H,1-4,7-12,18H2. The van der Waals surface area contributed by atoms with Crippen LogP contribution in [0, 0.1) is 0 Å². The number of nitrogens with two attached hydrogens (primary N) is 1. The molecule has 1 saturated carbocycles. The molecule has 110 valence electrons. The Morgan fingerprint density at radius 2 is 2.15 bits per heavy atom. The normalized spacial score (nSPS) is 17.9. The maximum Gasteiger partial charge on any atom is 0.122 e. The third-order valence-corrected chi connectivity index (χ3v) is 4.68. The molecular formula is C17H26N2O. The fourth-order valence-electron chi connectivity index (χ4n) is 3.19. The van der Waals surface area contributed by atoms with E-state index < -0.39 is 0 Å². The van der Waals surface area contributed by atoms with E-state index >= 15 is 0 Å². The van der Waals surface area contributed by atoms with Crippen LogP contribution in [0.1, 0.15) is 36.8 Å². The predicted octanol–water partition coefficient (Wildman–Crippen LogP) is 2.37. The van der Waals surface area contributed by atoms with E-state index in [1.54, 1.807) is 0 Å². The first-order valence-electron chi connectivity index (χ1n) is 8.05. The summed E-state index contributed by atoms with van der Waals surface area (Å²) in [5, 5.41) is 0. The lowest BCUT2D eigenvalue weighted by Crippen LogP contribution is -2.42. The summed E-state index contributed by atoms with van der Waals surface area (Å²) in [4.78, 5) is 2.65. The molecule has 1 aliphatic carbocycles. The molecule has 1 heterocycles. The van der Waals surface area contributed by atoms with Crippen molar-refractivity contribution in [2.75, 3.05) is 26.2 Å². The lowest BCUT2D eigenvalue weighted by atomic mass is 9.91. The molecule has 1 aliphatic heterocycles. The van der Waals surface area contributed by atoms with Crippen molar-refractivity contribution in [2.45, 2.75) is 44.6 Å². The molecule has 0 bridgehead atoms. The SMILES string of the molecule is NCCCN(CCc1ccc2c(c1)CCO2)C1CCC1. The molecular weight excluding hydrogens is 248 g/mol. The lowest BCUT2D eigenvalue weighted by Gasteiger charge is -2.37. The molecule has 1 aromatic carbocycles. The zero-order valence-electron chi connectivity index (χ0n) is 12.3. The second kappa shape index (κ2) is 6.59. The van der Waals surface area contributed by atoms with E-state index in [2.05, 4.69) is 23.1 Å². The fraction of sp³-hybridized carbons (Fsp3) is 0.647. The van der Waals surface area contributed by atoms with E-state index in [0.29, 0.717) is 0 Å². The van der Waals surface area contributed by atoms with Crippen molar-refractivity contribution in [3.8, 4) is 5.75 Å². The van der Waals surface area contributed by atoms with Crippen LogP contribution in [0.4, 0.5) is 0 Å². The van der Waals surface area contributed by atoms with Crippen molar-refractivity contribution < 1.29 is 4.74 Å². The Morgan fingerprint density at radius 1 is 1.25 bits per heavy atom. The average Bonchev–Trinajstić information content (AvgIpc) is 2.87. The Morgan fingerprint density at radius 3 is 2.90 bits per heavy atom. The van der Waals surface area contributed by atoms with Crippen LogP contribution < -0.4 is 10.5 Å². The lowest BCUT2D eigenvalue weighted by molar-refractivity contribution is 0.128. The summed E-state index contributed by atoms with van der Waals surface area (Å²) in [6, 6.07) is 7.53. The van der Waals surface area contributed by atoms with Gasteiger partial charge in [-0.15, -0.1) is 0 Å². The van der Waals surface area contributed by atoms with Crippen LogP contribution in [0.15, 0.2) is 18.2 Å². The van der Waals surface area contributed by atoms with Gasteiger partial charge in [0.15, 0.2) is 0 Å². The molecule has 0 radical (unpaired) electrons. The molecule has 2 aliphatic rings. The van der Waals surface area contributed by atoms with Crippen LogP contribution in [0.3, 0.4) is 0 Å². The average molecular weight is 274 g/mol. The number of rotatable bonds is 7. The monoisotopic (exact) mass is 274 g/mol. The van der Waals surface area contributed by atoms with Gasteiger partial charge in [0.1, 0.15) is 5.75 Å². The van der Waals surface area contributed by atoms with Gasteiger partial charge in [0.2, 0.25) is 0 Å². The molecule has 3 nitrogen and oxygen atoms in total. The number of ether oxygens (including phenoxy) is 1. The van der Waals surface area contributed by atoms with Crippen molar-refractivity contribution in [3.05, 3.63) is 29.3 Å². The molecule has 0 spiro atoms. The highest BCUT2D eigenvalue weighted by atomic mass is 16.5. The Kier molecular flexibility index (Phi) is 4.58. The fourth-order valence-corrected chi connectivity index (χ4v) is 3.19. The number of nitrogens with zero attached hydrogens (tertiary/aromatic N) is 1. The highest BCUT2D eigenvalue weighted by molar-refractivity contribution is 5.39. The molecule has 0 unspecified atom stereocenters. The van der Waals surface area contributed by atoms with Crippen LogP contribution in [0.25, 0.3) is 0 Å². The summed E-state index contributed by atoms with van der Waals surface area (Å²) in [6.07, 6.45) is 7.50. The molecule has 20 heavy (non-hydrogen) atoms. The molecule has 0 atom stereocenters. The predicted molar refractivity (Wildman–Crippen MR) is 82.2 cm³/mol. The van der Waals surface area contributed by atoms with Crippen molar-refractivity contribution in [1.29, 1.82) is 0 Å². The number of hydrogen-bond donors (Lipinski definition) is 1. The van der Waals surface area contributed by atoms with Gasteiger partial charge >= 0.3 is 0 Å². The summed E-state index contributed by atoms with van der Waals surface area (Å²) in [5.74, 6) is 1.09. The molecule has 0 aromatic heterocycles. The molecule has 3 rings (SSSR count). The van der Waals surface area contributed by atoms with E-state index in [1.165, 1.54) is 36.9 Å². The Hall–Kier alpha value is -1.06. The minimum absolute atomic E-state index is 0.805. The van der Waals surface area contributed by atoms with Crippen molar-refractivity contribution in [1.82, 2.24) is 4.90 Å². The summed E-state index contributed by atoms with van der Waals surface area (Å²) < 4.78 is 5.57. The first kappa shape index (κ1) is 13.9. The zero-order valence-corrected chi connectivity index (χ0v) is 12.3. The largest absolute Gasteiger partial charge is 0.493 e. The van der Waals surface area contributed by atoms with E-state index in [0.717, 1.165) is 50.8 Å². The third-order valence-electron chi connectivity index (χ3n) is 4.68. The molecule has 2 N–H and O–H groups in total. The number of fused-ring (bicyclic) bond motifs is 1. The van der Waals surface area contributed by atoms with Gasteiger partial charge in [-0.1, -0.05) is 18.6 Å². The van der Waals surface area contributed by atoms with Gasteiger partial charge in [-0.2, -0.15) is 0 Å². The zero-order chi connectivity index (χ0) is 13.8.